The molecule has 2 aliphatic rings. The molecule has 1 aromatic carbocycles. The Morgan fingerprint density at radius 2 is 1.80 bits per heavy atom. The van der Waals surface area contributed by atoms with Gasteiger partial charge in [0.25, 0.3) is 5.91 Å². The van der Waals surface area contributed by atoms with Crippen LogP contribution >= 0.6 is 11.6 Å². The molecule has 0 radical (unpaired) electrons. The number of nitrogens with one attached hydrogen (secondary N) is 2. The lowest BCUT2D eigenvalue weighted by atomic mass is 9.78. The van der Waals surface area contributed by atoms with Crippen LogP contribution in [0, 0.1) is 11.3 Å². The smallest absolute Gasteiger partial charge is 0.294 e. The number of anilines is 2. The summed E-state index contributed by atoms with van der Waals surface area (Å²) in [5.41, 5.74) is 1.26. The van der Waals surface area contributed by atoms with Crippen LogP contribution in [0.2, 0.25) is 5.02 Å². The van der Waals surface area contributed by atoms with Gasteiger partial charge in [-0.3, -0.25) is 9.59 Å². The number of benzene rings is 1. The highest BCUT2D eigenvalue weighted by Crippen LogP contribution is 2.64. The summed E-state index contributed by atoms with van der Waals surface area (Å²) in [4.78, 5) is 30.5. The van der Waals surface area contributed by atoms with Crippen LogP contribution in [0.4, 0.5) is 11.5 Å². The maximum absolute atomic E-state index is 13.3. The molecule has 0 bridgehead atoms. The summed E-state index contributed by atoms with van der Waals surface area (Å²) in [5, 5.41) is 6.91. The first-order chi connectivity index (χ1) is 17.0. The molecule has 1 unspecified atom stereocenters. The maximum atomic E-state index is 13.3. The molecule has 1 spiro atoms. The van der Waals surface area contributed by atoms with Crippen molar-refractivity contribution in [2.24, 2.45) is 11.3 Å². The van der Waals surface area contributed by atoms with Crippen molar-refractivity contribution in [3.63, 3.8) is 0 Å². The topological polar surface area (TPSA) is 89.2 Å². The number of amides is 2. The van der Waals surface area contributed by atoms with Crippen molar-refractivity contribution in [3.05, 3.63) is 77.9 Å². The second kappa shape index (κ2) is 8.57. The third-order valence-corrected chi connectivity index (χ3v) is 7.73. The molecule has 3 aromatic heterocycles. The number of para-hydroxylation sites is 1. The van der Waals surface area contributed by atoms with Crippen molar-refractivity contribution in [1.82, 2.24) is 9.55 Å². The summed E-state index contributed by atoms with van der Waals surface area (Å²) in [6.45, 7) is 0. The number of carbonyl (C=O) groups excluding carboxylic acids is 2. The lowest BCUT2D eigenvalue weighted by Crippen LogP contribution is -2.29. The van der Waals surface area contributed by atoms with Gasteiger partial charge in [0, 0.05) is 35.9 Å². The third kappa shape index (κ3) is 4.10. The molecule has 0 saturated heterocycles. The summed E-state index contributed by atoms with van der Waals surface area (Å²) < 4.78 is 8.16. The molecule has 2 saturated carbocycles. The number of carbonyl (C=O) groups is 2. The average molecular weight is 489 g/mol. The van der Waals surface area contributed by atoms with Crippen LogP contribution in [-0.4, -0.2) is 21.4 Å². The van der Waals surface area contributed by atoms with E-state index in [0.717, 1.165) is 25.7 Å². The molecule has 3 heterocycles. The number of aromatic nitrogens is 2. The monoisotopic (exact) mass is 488 g/mol. The molecule has 0 aliphatic heterocycles. The third-order valence-electron chi connectivity index (χ3n) is 7.51. The van der Waals surface area contributed by atoms with Gasteiger partial charge in [0.2, 0.25) is 11.7 Å². The molecule has 2 N–H and O–H groups in total. The summed E-state index contributed by atoms with van der Waals surface area (Å²) in [6.07, 6.45) is 10.7. The molecule has 2 aliphatic carbocycles. The molecule has 2 fully saturated rings. The lowest BCUT2D eigenvalue weighted by molar-refractivity contribution is -0.121. The molecule has 7 nitrogen and oxygen atoms in total. The molecular formula is C27H25ClN4O3. The van der Waals surface area contributed by atoms with E-state index in [-0.39, 0.29) is 17.6 Å². The van der Waals surface area contributed by atoms with Gasteiger partial charge in [-0.1, -0.05) is 23.7 Å². The highest BCUT2D eigenvalue weighted by molar-refractivity contribution is 6.30. The Labute approximate surface area is 207 Å². The first kappa shape index (κ1) is 21.9. The van der Waals surface area contributed by atoms with E-state index in [4.69, 9.17) is 16.0 Å². The molecule has 4 aromatic rings. The molecule has 178 valence electrons. The standard InChI is InChI=1S/C27H25ClN4O3/c28-18-7-8-22(29-16-18)30-26(34)24-23(19-5-1-2-6-20(19)35-24)31-25(33)17-9-11-27(12-10-17)15-21(27)32-13-3-4-14-32/h1-8,13-14,16-17,21H,9-12,15H2,(H,31,33)(H,29,30,34). The molecule has 6 rings (SSSR count). The van der Waals surface area contributed by atoms with E-state index in [2.05, 4.69) is 44.7 Å². The quantitative estimate of drug-likeness (QED) is 0.345. The minimum Gasteiger partial charge on any atom is -0.449 e. The second-order valence-corrected chi connectivity index (χ2v) is 10.0. The predicted octanol–water partition coefficient (Wildman–Crippen LogP) is 6.30. The Morgan fingerprint density at radius 3 is 2.54 bits per heavy atom. The van der Waals surface area contributed by atoms with Crippen molar-refractivity contribution < 1.29 is 14.0 Å². The largest absolute Gasteiger partial charge is 0.449 e. The van der Waals surface area contributed by atoms with Gasteiger partial charge in [-0.15, -0.1) is 0 Å². The van der Waals surface area contributed by atoms with Crippen LogP contribution < -0.4 is 10.6 Å². The summed E-state index contributed by atoms with van der Waals surface area (Å²) in [5.74, 6) is -0.242. The zero-order valence-electron chi connectivity index (χ0n) is 19.0. The molecule has 1 atom stereocenters. The van der Waals surface area contributed by atoms with Crippen molar-refractivity contribution in [2.75, 3.05) is 10.6 Å². The molecular weight excluding hydrogens is 464 g/mol. The Hall–Kier alpha value is -3.58. The van der Waals surface area contributed by atoms with Gasteiger partial charge in [0.05, 0.1) is 5.02 Å². The zero-order chi connectivity index (χ0) is 24.0. The van der Waals surface area contributed by atoms with Crippen molar-refractivity contribution in [2.45, 2.75) is 38.1 Å². The van der Waals surface area contributed by atoms with Gasteiger partial charge < -0.3 is 19.6 Å². The van der Waals surface area contributed by atoms with Crippen molar-refractivity contribution >= 4 is 45.9 Å². The number of pyridine rings is 1. The fourth-order valence-corrected chi connectivity index (χ4v) is 5.58. The molecule has 8 heteroatoms. The molecule has 2 amide bonds. The fraction of sp³-hybridized carbons (Fsp3) is 0.296. The second-order valence-electron chi connectivity index (χ2n) is 9.59. The summed E-state index contributed by atoms with van der Waals surface area (Å²) >= 11 is 5.89. The van der Waals surface area contributed by atoms with Gasteiger partial charge in [0.15, 0.2) is 0 Å². The van der Waals surface area contributed by atoms with Gasteiger partial charge >= 0.3 is 0 Å². The Morgan fingerprint density at radius 1 is 1.03 bits per heavy atom. The number of rotatable bonds is 5. The van der Waals surface area contributed by atoms with Gasteiger partial charge in [0.1, 0.15) is 17.1 Å². The Kier molecular flexibility index (Phi) is 5.37. The van der Waals surface area contributed by atoms with E-state index < -0.39 is 5.91 Å². The Balaban J connectivity index is 1.18. The molecule has 35 heavy (non-hydrogen) atoms. The zero-order valence-corrected chi connectivity index (χ0v) is 19.8. The van der Waals surface area contributed by atoms with E-state index >= 15 is 0 Å². The minimum absolute atomic E-state index is 0.0541. The first-order valence-corrected chi connectivity index (χ1v) is 12.3. The van der Waals surface area contributed by atoms with E-state index in [9.17, 15) is 9.59 Å². The van der Waals surface area contributed by atoms with Crippen LogP contribution in [0.1, 0.15) is 48.7 Å². The lowest BCUT2D eigenvalue weighted by Gasteiger charge is -2.29. The number of hydrogen-bond acceptors (Lipinski definition) is 4. The number of hydrogen-bond donors (Lipinski definition) is 2. The van der Waals surface area contributed by atoms with Gasteiger partial charge in [-0.05, 0) is 73.9 Å². The van der Waals surface area contributed by atoms with Gasteiger partial charge in [-0.25, -0.2) is 4.98 Å². The van der Waals surface area contributed by atoms with Crippen LogP contribution in [0.15, 0.2) is 71.5 Å². The number of halogens is 1. The van der Waals surface area contributed by atoms with E-state index in [1.165, 1.54) is 12.6 Å². The van der Waals surface area contributed by atoms with E-state index in [1.807, 2.05) is 18.2 Å². The van der Waals surface area contributed by atoms with Crippen LogP contribution in [0.25, 0.3) is 11.0 Å². The highest BCUT2D eigenvalue weighted by atomic mass is 35.5. The number of fused-ring (bicyclic) bond motifs is 1. The highest BCUT2D eigenvalue weighted by Gasteiger charge is 2.56. The van der Waals surface area contributed by atoms with Crippen LogP contribution in [0.5, 0.6) is 0 Å². The fourth-order valence-electron chi connectivity index (χ4n) is 5.47. The van der Waals surface area contributed by atoms with Crippen molar-refractivity contribution in [1.29, 1.82) is 0 Å². The van der Waals surface area contributed by atoms with E-state index in [0.29, 0.717) is 39.0 Å². The predicted molar refractivity (Wildman–Crippen MR) is 135 cm³/mol. The summed E-state index contributed by atoms with van der Waals surface area (Å²) in [7, 11) is 0. The SMILES string of the molecule is O=C(Nc1ccc(Cl)cn1)c1oc2ccccc2c1NC(=O)C1CCC2(CC1)CC2n1cccc1. The average Bonchev–Trinajstić information content (AvgIpc) is 3.21. The maximum Gasteiger partial charge on any atom is 0.294 e. The van der Waals surface area contributed by atoms with Crippen LogP contribution in [0.3, 0.4) is 0 Å². The van der Waals surface area contributed by atoms with Crippen molar-refractivity contribution in [3.8, 4) is 0 Å². The minimum atomic E-state index is -0.485. The number of nitrogens with zero attached hydrogens (tertiary/aromatic N) is 2. The Bertz CT molecular complexity index is 1390. The summed E-state index contributed by atoms with van der Waals surface area (Å²) in [6, 6.07) is 15.2. The van der Waals surface area contributed by atoms with Crippen LogP contribution in [-0.2, 0) is 4.79 Å². The van der Waals surface area contributed by atoms with Gasteiger partial charge in [-0.2, -0.15) is 0 Å². The first-order valence-electron chi connectivity index (χ1n) is 11.9. The number of furan rings is 1. The normalized spacial score (nSPS) is 23.3. The van der Waals surface area contributed by atoms with E-state index in [1.54, 1.807) is 18.2 Å².